The van der Waals surface area contributed by atoms with Crippen molar-refractivity contribution in [1.29, 1.82) is 0 Å². The van der Waals surface area contributed by atoms with Crippen molar-refractivity contribution < 1.29 is 28.5 Å². The minimum absolute atomic E-state index is 0.0568. The second-order valence-corrected chi connectivity index (χ2v) is 8.36. The zero-order chi connectivity index (χ0) is 23.2. The van der Waals surface area contributed by atoms with Gasteiger partial charge in [0, 0.05) is 30.1 Å². The number of carbonyl (C=O) groups excluding carboxylic acids is 2. The monoisotopic (exact) mass is 453 g/mol. The molecule has 0 atom stereocenters. The van der Waals surface area contributed by atoms with Gasteiger partial charge in [-0.1, -0.05) is 13.3 Å². The molecular formula is C26H31NO6. The smallest absolute Gasteiger partial charge is 0.253 e. The van der Waals surface area contributed by atoms with E-state index < -0.39 is 0 Å². The van der Waals surface area contributed by atoms with Crippen molar-refractivity contribution >= 4 is 11.7 Å². The van der Waals surface area contributed by atoms with Gasteiger partial charge in [0.1, 0.15) is 13.2 Å². The number of carbonyl (C=O) groups is 2. The molecule has 176 valence electrons. The molecule has 0 N–H and O–H groups in total. The van der Waals surface area contributed by atoms with E-state index in [0.29, 0.717) is 79.9 Å². The van der Waals surface area contributed by atoms with Crippen LogP contribution in [0.25, 0.3) is 0 Å². The first-order chi connectivity index (χ1) is 16.1. The SMILES string of the molecule is CCCCOc1ccc(C(=O)N2CCC(C(=O)c3ccc4c(c3)OCCO4)CC2)cc1OC. The van der Waals surface area contributed by atoms with Gasteiger partial charge in [-0.3, -0.25) is 9.59 Å². The summed E-state index contributed by atoms with van der Waals surface area (Å²) < 4.78 is 22.3. The molecule has 4 rings (SSSR count). The van der Waals surface area contributed by atoms with Crippen molar-refractivity contribution in [2.75, 3.05) is 40.0 Å². The van der Waals surface area contributed by atoms with Crippen LogP contribution < -0.4 is 18.9 Å². The molecule has 0 bridgehead atoms. The second-order valence-electron chi connectivity index (χ2n) is 8.36. The first kappa shape index (κ1) is 23.0. The maximum atomic E-state index is 13.1. The Hall–Kier alpha value is -3.22. The Bertz CT molecular complexity index is 996. The molecule has 2 heterocycles. The van der Waals surface area contributed by atoms with Gasteiger partial charge in [0.15, 0.2) is 28.8 Å². The molecule has 1 amide bonds. The van der Waals surface area contributed by atoms with Gasteiger partial charge in [0.05, 0.1) is 13.7 Å². The maximum absolute atomic E-state index is 13.1. The van der Waals surface area contributed by atoms with E-state index in [2.05, 4.69) is 6.92 Å². The molecule has 2 aromatic carbocycles. The molecule has 2 aliphatic rings. The lowest BCUT2D eigenvalue weighted by atomic mass is 9.88. The van der Waals surface area contributed by atoms with Crippen LogP contribution in [-0.4, -0.2) is 56.6 Å². The fraction of sp³-hybridized carbons (Fsp3) is 0.462. The van der Waals surface area contributed by atoms with Crippen molar-refractivity contribution in [1.82, 2.24) is 4.90 Å². The number of hydrogen-bond acceptors (Lipinski definition) is 6. The van der Waals surface area contributed by atoms with Crippen LogP contribution in [0.2, 0.25) is 0 Å². The van der Waals surface area contributed by atoms with Crippen LogP contribution in [0.4, 0.5) is 0 Å². The summed E-state index contributed by atoms with van der Waals surface area (Å²) in [6.45, 7) is 4.81. The van der Waals surface area contributed by atoms with Crippen LogP contribution in [0.15, 0.2) is 36.4 Å². The normalized spacial score (nSPS) is 15.8. The summed E-state index contributed by atoms with van der Waals surface area (Å²) in [7, 11) is 1.57. The average molecular weight is 454 g/mol. The number of Topliss-reactive ketones (excluding diaryl/α,β-unsaturated/α-hetero) is 1. The minimum Gasteiger partial charge on any atom is -0.493 e. The predicted molar refractivity (Wildman–Crippen MR) is 124 cm³/mol. The molecule has 0 saturated carbocycles. The highest BCUT2D eigenvalue weighted by Crippen LogP contribution is 2.33. The van der Waals surface area contributed by atoms with Crippen LogP contribution in [0, 0.1) is 5.92 Å². The Kier molecular flexibility index (Phi) is 7.37. The van der Waals surface area contributed by atoms with Gasteiger partial charge in [0.2, 0.25) is 0 Å². The first-order valence-corrected chi connectivity index (χ1v) is 11.6. The van der Waals surface area contributed by atoms with Gasteiger partial charge in [-0.05, 0) is 55.7 Å². The van der Waals surface area contributed by atoms with E-state index >= 15 is 0 Å². The van der Waals surface area contributed by atoms with Gasteiger partial charge in [-0.25, -0.2) is 0 Å². The summed E-state index contributed by atoms with van der Waals surface area (Å²) in [6, 6.07) is 10.7. The van der Waals surface area contributed by atoms with E-state index in [4.69, 9.17) is 18.9 Å². The fourth-order valence-corrected chi connectivity index (χ4v) is 4.21. The van der Waals surface area contributed by atoms with Crippen molar-refractivity contribution in [2.45, 2.75) is 32.6 Å². The summed E-state index contributed by atoms with van der Waals surface area (Å²) in [4.78, 5) is 27.9. The molecule has 0 spiro atoms. The summed E-state index contributed by atoms with van der Waals surface area (Å²) in [5.74, 6) is 2.42. The molecule has 7 heteroatoms. The number of unbranched alkanes of at least 4 members (excludes halogenated alkanes) is 1. The quantitative estimate of drug-likeness (QED) is 0.436. The average Bonchev–Trinajstić information content (AvgIpc) is 2.88. The number of fused-ring (bicyclic) bond motifs is 1. The Morgan fingerprint density at radius 3 is 2.42 bits per heavy atom. The van der Waals surface area contributed by atoms with Gasteiger partial charge >= 0.3 is 0 Å². The number of amides is 1. The van der Waals surface area contributed by atoms with Crippen molar-refractivity contribution in [3.8, 4) is 23.0 Å². The van der Waals surface area contributed by atoms with E-state index in [1.165, 1.54) is 0 Å². The third-order valence-electron chi connectivity index (χ3n) is 6.15. The summed E-state index contributed by atoms with van der Waals surface area (Å²) in [6.07, 6.45) is 3.28. The lowest BCUT2D eigenvalue weighted by Crippen LogP contribution is -2.40. The second kappa shape index (κ2) is 10.6. The highest BCUT2D eigenvalue weighted by Gasteiger charge is 2.29. The minimum atomic E-state index is -0.111. The largest absolute Gasteiger partial charge is 0.493 e. The predicted octanol–water partition coefficient (Wildman–Crippen LogP) is 4.38. The van der Waals surface area contributed by atoms with Crippen molar-refractivity contribution in [2.24, 2.45) is 5.92 Å². The van der Waals surface area contributed by atoms with Crippen LogP contribution in [-0.2, 0) is 0 Å². The molecular weight excluding hydrogens is 422 g/mol. The number of ketones is 1. The standard InChI is InChI=1S/C26H31NO6/c1-3-4-13-31-21-8-6-20(17-23(21)30-2)26(29)27-11-9-18(10-12-27)25(28)19-5-7-22-24(16-19)33-15-14-32-22/h5-8,16-18H,3-4,9-15H2,1-2H3. The number of benzene rings is 2. The molecule has 2 aromatic rings. The number of piperidine rings is 1. The Balaban J connectivity index is 1.36. The maximum Gasteiger partial charge on any atom is 0.253 e. The van der Waals surface area contributed by atoms with E-state index in [-0.39, 0.29) is 17.6 Å². The molecule has 1 saturated heterocycles. The zero-order valence-corrected chi connectivity index (χ0v) is 19.3. The van der Waals surface area contributed by atoms with Gasteiger partial charge < -0.3 is 23.8 Å². The van der Waals surface area contributed by atoms with Crippen LogP contribution in [0.5, 0.6) is 23.0 Å². The molecule has 33 heavy (non-hydrogen) atoms. The number of likely N-dealkylation sites (tertiary alicyclic amines) is 1. The topological polar surface area (TPSA) is 74.3 Å². The molecule has 0 aromatic heterocycles. The number of hydrogen-bond donors (Lipinski definition) is 0. The third-order valence-corrected chi connectivity index (χ3v) is 6.15. The summed E-state index contributed by atoms with van der Waals surface area (Å²) in [5.41, 5.74) is 1.19. The molecule has 0 aliphatic carbocycles. The van der Waals surface area contributed by atoms with Gasteiger partial charge in [-0.15, -0.1) is 0 Å². The highest BCUT2D eigenvalue weighted by molar-refractivity contribution is 5.99. The van der Waals surface area contributed by atoms with E-state index in [0.717, 1.165) is 12.8 Å². The Morgan fingerprint density at radius 1 is 0.970 bits per heavy atom. The molecule has 7 nitrogen and oxygen atoms in total. The Labute approximate surface area is 194 Å². The number of methoxy groups -OCH3 is 1. The van der Waals surface area contributed by atoms with Crippen molar-refractivity contribution in [3.63, 3.8) is 0 Å². The van der Waals surface area contributed by atoms with Crippen molar-refractivity contribution in [3.05, 3.63) is 47.5 Å². The highest BCUT2D eigenvalue weighted by atomic mass is 16.6. The lowest BCUT2D eigenvalue weighted by molar-refractivity contribution is 0.0650. The van der Waals surface area contributed by atoms with Crippen LogP contribution in [0.3, 0.4) is 0 Å². The number of nitrogens with zero attached hydrogens (tertiary/aromatic N) is 1. The molecule has 1 fully saturated rings. The van der Waals surface area contributed by atoms with Gasteiger partial charge in [-0.2, -0.15) is 0 Å². The van der Waals surface area contributed by atoms with E-state index in [9.17, 15) is 9.59 Å². The molecule has 0 radical (unpaired) electrons. The van der Waals surface area contributed by atoms with Crippen LogP contribution >= 0.6 is 0 Å². The summed E-state index contributed by atoms with van der Waals surface area (Å²) in [5, 5.41) is 0. The third kappa shape index (κ3) is 5.24. The fourth-order valence-electron chi connectivity index (χ4n) is 4.21. The van der Waals surface area contributed by atoms with E-state index in [1.54, 1.807) is 48.4 Å². The Morgan fingerprint density at radius 2 is 1.70 bits per heavy atom. The van der Waals surface area contributed by atoms with Gasteiger partial charge in [0.25, 0.3) is 5.91 Å². The molecule has 2 aliphatic heterocycles. The first-order valence-electron chi connectivity index (χ1n) is 11.6. The molecule has 0 unspecified atom stereocenters. The van der Waals surface area contributed by atoms with Crippen LogP contribution in [0.1, 0.15) is 53.3 Å². The number of ether oxygens (including phenoxy) is 4. The number of rotatable bonds is 8. The summed E-state index contributed by atoms with van der Waals surface area (Å²) >= 11 is 0. The zero-order valence-electron chi connectivity index (χ0n) is 19.3. The lowest BCUT2D eigenvalue weighted by Gasteiger charge is -2.31. The van der Waals surface area contributed by atoms with E-state index in [1.807, 2.05) is 0 Å².